The van der Waals surface area contributed by atoms with E-state index in [1.165, 1.54) is 0 Å². The van der Waals surface area contributed by atoms with Gasteiger partial charge in [0, 0.05) is 4.92 Å². The van der Waals surface area contributed by atoms with E-state index in [4.69, 9.17) is 9.47 Å². The number of nitro groups is 1. The van der Waals surface area contributed by atoms with E-state index in [1.54, 1.807) is 0 Å². The number of rotatable bonds is 8. The Bertz CT molecular complexity index is 726. The van der Waals surface area contributed by atoms with Crippen LogP contribution < -0.4 is 0 Å². The van der Waals surface area contributed by atoms with E-state index in [0.29, 0.717) is 0 Å². The van der Waals surface area contributed by atoms with E-state index in [2.05, 4.69) is 0 Å². The van der Waals surface area contributed by atoms with Crippen LogP contribution >= 0.6 is 0 Å². The highest BCUT2D eigenvalue weighted by molar-refractivity contribution is 5.15. The first-order valence-electron chi connectivity index (χ1n) is 8.85. The van der Waals surface area contributed by atoms with Gasteiger partial charge in [0.1, 0.15) is 6.10 Å². The molecular formula is C20H23NO6. The summed E-state index contributed by atoms with van der Waals surface area (Å²) in [6, 6.07) is 17.4. The molecule has 0 radical (unpaired) electrons. The maximum Gasteiger partial charge on any atom is 0.248 e. The van der Waals surface area contributed by atoms with Crippen molar-refractivity contribution in [3.8, 4) is 0 Å². The van der Waals surface area contributed by atoms with Crippen LogP contribution in [-0.4, -0.2) is 46.1 Å². The summed E-state index contributed by atoms with van der Waals surface area (Å²) in [5, 5.41) is 31.7. The molecule has 5 atom stereocenters. The Labute approximate surface area is 157 Å². The molecule has 27 heavy (non-hydrogen) atoms. The van der Waals surface area contributed by atoms with Crippen molar-refractivity contribution in [1.29, 1.82) is 0 Å². The van der Waals surface area contributed by atoms with Crippen LogP contribution in [-0.2, 0) is 22.7 Å². The van der Waals surface area contributed by atoms with Crippen molar-refractivity contribution < 1.29 is 24.6 Å². The second kappa shape index (κ2) is 9.05. The standard InChI is InChI=1S/C20H23NO6/c22-11-16-17(21(24)25)18(23)20(27-13-15-9-5-2-6-10-15)19(16)26-12-14-7-3-1-4-8-14/h1-10,16-20,22-23H,11-13H2/t16-,17?,18-,19+,20+/m0/s1. The molecule has 2 aromatic carbocycles. The van der Waals surface area contributed by atoms with Crippen molar-refractivity contribution in [2.75, 3.05) is 6.61 Å². The lowest BCUT2D eigenvalue weighted by Gasteiger charge is -2.24. The summed E-state index contributed by atoms with van der Waals surface area (Å²) in [6.45, 7) is -0.0614. The lowest BCUT2D eigenvalue weighted by Crippen LogP contribution is -2.38. The maximum absolute atomic E-state index is 11.4. The van der Waals surface area contributed by atoms with Gasteiger partial charge in [0.15, 0.2) is 6.10 Å². The molecule has 0 aliphatic heterocycles. The van der Waals surface area contributed by atoms with Gasteiger partial charge in [-0.1, -0.05) is 60.7 Å². The molecule has 0 saturated heterocycles. The summed E-state index contributed by atoms with van der Waals surface area (Å²) in [5.74, 6) is -0.848. The minimum atomic E-state index is -1.36. The zero-order valence-electron chi connectivity index (χ0n) is 14.8. The summed E-state index contributed by atoms with van der Waals surface area (Å²) < 4.78 is 11.7. The molecule has 2 aromatic rings. The van der Waals surface area contributed by atoms with Crippen LogP contribution in [0.25, 0.3) is 0 Å². The number of aliphatic hydroxyl groups is 2. The van der Waals surface area contributed by atoms with Crippen LogP contribution in [0, 0.1) is 16.0 Å². The second-order valence-corrected chi connectivity index (χ2v) is 6.64. The molecular weight excluding hydrogens is 350 g/mol. The molecule has 0 amide bonds. The van der Waals surface area contributed by atoms with E-state index in [0.717, 1.165) is 11.1 Å². The van der Waals surface area contributed by atoms with Crippen LogP contribution in [0.1, 0.15) is 11.1 Å². The average Bonchev–Trinajstić information content (AvgIpc) is 2.97. The smallest absolute Gasteiger partial charge is 0.248 e. The molecule has 1 unspecified atom stereocenters. The molecule has 3 rings (SSSR count). The topological polar surface area (TPSA) is 102 Å². The molecule has 0 heterocycles. The minimum Gasteiger partial charge on any atom is -0.396 e. The van der Waals surface area contributed by atoms with E-state index in [1.807, 2.05) is 60.7 Å². The molecule has 1 aliphatic carbocycles. The fourth-order valence-corrected chi connectivity index (χ4v) is 3.52. The Balaban J connectivity index is 1.76. The van der Waals surface area contributed by atoms with Gasteiger partial charge in [-0.15, -0.1) is 0 Å². The molecule has 0 spiro atoms. The third-order valence-corrected chi connectivity index (χ3v) is 4.90. The van der Waals surface area contributed by atoms with Gasteiger partial charge >= 0.3 is 0 Å². The number of ether oxygens (including phenoxy) is 2. The molecule has 1 aliphatic rings. The second-order valence-electron chi connectivity index (χ2n) is 6.64. The summed E-state index contributed by atoms with van der Waals surface area (Å²) in [5.41, 5.74) is 1.78. The molecule has 1 fully saturated rings. The fraction of sp³-hybridized carbons (Fsp3) is 0.400. The number of hydrogen-bond acceptors (Lipinski definition) is 6. The van der Waals surface area contributed by atoms with Gasteiger partial charge in [-0.3, -0.25) is 10.1 Å². The Morgan fingerprint density at radius 1 is 0.889 bits per heavy atom. The first kappa shape index (κ1) is 19.4. The van der Waals surface area contributed by atoms with Gasteiger partial charge in [0.05, 0.1) is 31.8 Å². The third kappa shape index (κ3) is 4.51. The van der Waals surface area contributed by atoms with E-state index < -0.39 is 41.8 Å². The number of aliphatic hydroxyl groups excluding tert-OH is 2. The van der Waals surface area contributed by atoms with Crippen molar-refractivity contribution in [1.82, 2.24) is 0 Å². The predicted octanol–water partition coefficient (Wildman–Crippen LogP) is 1.79. The average molecular weight is 373 g/mol. The van der Waals surface area contributed by atoms with Crippen LogP contribution in [0.4, 0.5) is 0 Å². The van der Waals surface area contributed by atoms with Crippen molar-refractivity contribution in [2.24, 2.45) is 5.92 Å². The summed E-state index contributed by atoms with van der Waals surface area (Å²) >= 11 is 0. The summed E-state index contributed by atoms with van der Waals surface area (Å²) in [7, 11) is 0. The Hall–Kier alpha value is -2.32. The molecule has 144 valence electrons. The highest BCUT2D eigenvalue weighted by Crippen LogP contribution is 2.34. The fourth-order valence-electron chi connectivity index (χ4n) is 3.52. The lowest BCUT2D eigenvalue weighted by molar-refractivity contribution is -0.541. The largest absolute Gasteiger partial charge is 0.396 e. The first-order valence-corrected chi connectivity index (χ1v) is 8.85. The van der Waals surface area contributed by atoms with Crippen LogP contribution in [0.15, 0.2) is 60.7 Å². The van der Waals surface area contributed by atoms with Gasteiger partial charge in [-0.05, 0) is 11.1 Å². The van der Waals surface area contributed by atoms with Gasteiger partial charge in [-0.25, -0.2) is 0 Å². The predicted molar refractivity (Wildman–Crippen MR) is 97.4 cm³/mol. The van der Waals surface area contributed by atoms with Crippen LogP contribution in [0.3, 0.4) is 0 Å². The number of benzene rings is 2. The van der Waals surface area contributed by atoms with Crippen molar-refractivity contribution in [2.45, 2.75) is 37.6 Å². The monoisotopic (exact) mass is 373 g/mol. The summed E-state index contributed by atoms with van der Waals surface area (Å²) in [6.07, 6.45) is -3.05. The molecule has 7 nitrogen and oxygen atoms in total. The van der Waals surface area contributed by atoms with Gasteiger partial charge < -0.3 is 19.7 Å². The highest BCUT2D eigenvalue weighted by Gasteiger charge is 2.58. The van der Waals surface area contributed by atoms with Gasteiger partial charge in [-0.2, -0.15) is 0 Å². The molecule has 7 heteroatoms. The lowest BCUT2D eigenvalue weighted by atomic mass is 10.0. The summed E-state index contributed by atoms with van der Waals surface area (Å²) in [4.78, 5) is 10.9. The van der Waals surface area contributed by atoms with Crippen molar-refractivity contribution in [3.05, 3.63) is 81.9 Å². The van der Waals surface area contributed by atoms with Crippen LogP contribution in [0.5, 0.6) is 0 Å². The highest BCUT2D eigenvalue weighted by atomic mass is 16.6. The number of hydrogen-bond donors (Lipinski definition) is 2. The van der Waals surface area contributed by atoms with Gasteiger partial charge in [0.25, 0.3) is 0 Å². The maximum atomic E-state index is 11.4. The Morgan fingerprint density at radius 3 is 1.81 bits per heavy atom. The number of nitrogens with zero attached hydrogens (tertiary/aromatic N) is 1. The van der Waals surface area contributed by atoms with Crippen LogP contribution in [0.2, 0.25) is 0 Å². The zero-order valence-corrected chi connectivity index (χ0v) is 14.8. The van der Waals surface area contributed by atoms with Crippen molar-refractivity contribution in [3.63, 3.8) is 0 Å². The van der Waals surface area contributed by atoms with Gasteiger partial charge in [0.2, 0.25) is 6.04 Å². The molecule has 2 N–H and O–H groups in total. The Morgan fingerprint density at radius 2 is 1.37 bits per heavy atom. The molecule has 0 aromatic heterocycles. The molecule has 1 saturated carbocycles. The van der Waals surface area contributed by atoms with E-state index >= 15 is 0 Å². The zero-order chi connectivity index (χ0) is 19.2. The minimum absolute atomic E-state index is 0.191. The quantitative estimate of drug-likeness (QED) is 0.540. The van der Waals surface area contributed by atoms with E-state index in [9.17, 15) is 20.3 Å². The SMILES string of the molecule is O=[N+]([O-])C1[C@H](O)[C@@H](OCc2ccccc2)[C@H](OCc2ccccc2)[C@H]1CO. The van der Waals surface area contributed by atoms with E-state index in [-0.39, 0.29) is 13.2 Å². The Kier molecular flexibility index (Phi) is 6.52. The third-order valence-electron chi connectivity index (χ3n) is 4.90. The normalized spacial score (nSPS) is 27.6. The molecule has 0 bridgehead atoms. The van der Waals surface area contributed by atoms with Crippen molar-refractivity contribution >= 4 is 0 Å². The first-order chi connectivity index (χ1) is 13.1.